The minimum atomic E-state index is -0.105. The van der Waals surface area contributed by atoms with Gasteiger partial charge in [-0.05, 0) is 31.0 Å². The van der Waals surface area contributed by atoms with Gasteiger partial charge < -0.3 is 10.2 Å². The van der Waals surface area contributed by atoms with Gasteiger partial charge in [-0.15, -0.1) is 0 Å². The van der Waals surface area contributed by atoms with Crippen LogP contribution in [0.5, 0.6) is 0 Å². The van der Waals surface area contributed by atoms with E-state index in [9.17, 15) is 9.59 Å². The molecule has 122 valence electrons. The number of nitrogens with one attached hydrogen (secondary N) is 1. The molecule has 0 aliphatic carbocycles. The Labute approximate surface area is 137 Å². The van der Waals surface area contributed by atoms with Crippen LogP contribution in [0.4, 0.5) is 5.69 Å². The molecule has 0 unspecified atom stereocenters. The summed E-state index contributed by atoms with van der Waals surface area (Å²) in [6, 6.07) is 5.42. The fraction of sp³-hybridized carbons (Fsp3) is 0.529. The van der Waals surface area contributed by atoms with Gasteiger partial charge in [-0.25, -0.2) is 0 Å². The highest BCUT2D eigenvalue weighted by atomic mass is 35.5. The minimum absolute atomic E-state index is 0.0165. The SMILES string of the molecule is CCCCCN(CCC(=O)Nc1cccc(Cl)c1C)C(C)=O. The average Bonchev–Trinajstić information content (AvgIpc) is 2.47. The highest BCUT2D eigenvalue weighted by Gasteiger charge is 2.12. The van der Waals surface area contributed by atoms with Crippen LogP contribution < -0.4 is 5.32 Å². The molecule has 0 bridgehead atoms. The third-order valence-corrected chi connectivity index (χ3v) is 4.04. The second-order valence-electron chi connectivity index (χ2n) is 5.42. The summed E-state index contributed by atoms with van der Waals surface area (Å²) >= 11 is 6.03. The number of benzene rings is 1. The average molecular weight is 325 g/mol. The van der Waals surface area contributed by atoms with Crippen molar-refractivity contribution in [1.82, 2.24) is 4.90 Å². The van der Waals surface area contributed by atoms with Crippen molar-refractivity contribution >= 4 is 29.1 Å². The number of nitrogens with zero attached hydrogens (tertiary/aromatic N) is 1. The lowest BCUT2D eigenvalue weighted by molar-refractivity contribution is -0.129. The van der Waals surface area contributed by atoms with Crippen molar-refractivity contribution < 1.29 is 9.59 Å². The Morgan fingerprint density at radius 1 is 1.23 bits per heavy atom. The zero-order chi connectivity index (χ0) is 16.5. The quantitative estimate of drug-likeness (QED) is 0.734. The normalized spacial score (nSPS) is 10.4. The van der Waals surface area contributed by atoms with Crippen LogP contribution in [0.25, 0.3) is 0 Å². The maximum Gasteiger partial charge on any atom is 0.226 e. The van der Waals surface area contributed by atoms with E-state index in [1.54, 1.807) is 24.0 Å². The van der Waals surface area contributed by atoms with Crippen molar-refractivity contribution in [3.8, 4) is 0 Å². The molecule has 0 aliphatic heterocycles. The van der Waals surface area contributed by atoms with E-state index in [0.29, 0.717) is 18.1 Å². The van der Waals surface area contributed by atoms with E-state index in [4.69, 9.17) is 11.6 Å². The van der Waals surface area contributed by atoms with Crippen LogP contribution in [-0.2, 0) is 9.59 Å². The molecule has 2 amide bonds. The Bertz CT molecular complexity index is 517. The van der Waals surface area contributed by atoms with Gasteiger partial charge in [0.2, 0.25) is 11.8 Å². The zero-order valence-electron chi connectivity index (χ0n) is 13.6. The fourth-order valence-corrected chi connectivity index (χ4v) is 2.35. The van der Waals surface area contributed by atoms with Crippen LogP contribution in [0.2, 0.25) is 5.02 Å². The second-order valence-corrected chi connectivity index (χ2v) is 5.83. The number of carbonyl (C=O) groups is 2. The molecule has 0 saturated carbocycles. The highest BCUT2D eigenvalue weighted by molar-refractivity contribution is 6.31. The molecule has 1 aromatic carbocycles. The number of carbonyl (C=O) groups excluding carboxylic acids is 2. The standard InChI is InChI=1S/C17H25ClN2O2/c1-4-5-6-11-20(14(3)21)12-10-17(22)19-16-9-7-8-15(18)13(16)2/h7-9H,4-6,10-12H2,1-3H3,(H,19,22). The van der Waals surface area contributed by atoms with Crippen LogP contribution in [0, 0.1) is 6.92 Å². The molecule has 1 aromatic rings. The summed E-state index contributed by atoms with van der Waals surface area (Å²) in [6.07, 6.45) is 3.47. The fourth-order valence-electron chi connectivity index (χ4n) is 2.17. The number of rotatable bonds is 8. The van der Waals surface area contributed by atoms with Gasteiger partial charge in [0.15, 0.2) is 0 Å². The van der Waals surface area contributed by atoms with Gasteiger partial charge in [-0.3, -0.25) is 9.59 Å². The third kappa shape index (κ3) is 6.06. The summed E-state index contributed by atoms with van der Waals surface area (Å²) in [6.45, 7) is 6.70. The minimum Gasteiger partial charge on any atom is -0.342 e. The Kier molecular flexibility index (Phi) is 7.96. The van der Waals surface area contributed by atoms with Crippen LogP contribution >= 0.6 is 11.6 Å². The van der Waals surface area contributed by atoms with Crippen molar-refractivity contribution in [2.45, 2.75) is 46.5 Å². The predicted octanol–water partition coefficient (Wildman–Crippen LogP) is 4.02. The Hall–Kier alpha value is -1.55. The lowest BCUT2D eigenvalue weighted by Gasteiger charge is -2.20. The first-order valence-electron chi connectivity index (χ1n) is 7.76. The number of hydrogen-bond donors (Lipinski definition) is 1. The van der Waals surface area contributed by atoms with E-state index in [1.165, 1.54) is 0 Å². The Morgan fingerprint density at radius 2 is 1.95 bits per heavy atom. The van der Waals surface area contributed by atoms with Crippen LogP contribution in [0.3, 0.4) is 0 Å². The van der Waals surface area contributed by atoms with Gasteiger partial charge in [0.1, 0.15) is 0 Å². The van der Waals surface area contributed by atoms with Gasteiger partial charge >= 0.3 is 0 Å². The van der Waals surface area contributed by atoms with Crippen LogP contribution in [-0.4, -0.2) is 29.8 Å². The third-order valence-electron chi connectivity index (χ3n) is 3.63. The molecule has 22 heavy (non-hydrogen) atoms. The van der Waals surface area contributed by atoms with Gasteiger partial charge in [-0.1, -0.05) is 37.4 Å². The molecule has 1 rings (SSSR count). The molecule has 0 saturated heterocycles. The number of anilines is 1. The summed E-state index contributed by atoms with van der Waals surface area (Å²) in [5, 5.41) is 3.48. The van der Waals surface area contributed by atoms with E-state index < -0.39 is 0 Å². The van der Waals surface area contributed by atoms with Gasteiger partial charge in [-0.2, -0.15) is 0 Å². The molecular weight excluding hydrogens is 300 g/mol. The number of amides is 2. The van der Waals surface area contributed by atoms with Crippen molar-refractivity contribution in [1.29, 1.82) is 0 Å². The summed E-state index contributed by atoms with van der Waals surface area (Å²) in [5.41, 5.74) is 1.57. The molecule has 4 nitrogen and oxygen atoms in total. The molecule has 0 spiro atoms. The molecule has 0 aromatic heterocycles. The van der Waals surface area contributed by atoms with Crippen LogP contribution in [0.1, 0.15) is 45.1 Å². The zero-order valence-corrected chi connectivity index (χ0v) is 14.4. The number of halogens is 1. The first-order chi connectivity index (χ1) is 10.5. The maximum atomic E-state index is 12.0. The van der Waals surface area contributed by atoms with Gasteiger partial charge in [0.05, 0.1) is 0 Å². The Balaban J connectivity index is 2.49. The van der Waals surface area contributed by atoms with E-state index in [-0.39, 0.29) is 18.2 Å². The first-order valence-corrected chi connectivity index (χ1v) is 8.14. The van der Waals surface area contributed by atoms with E-state index in [0.717, 1.165) is 30.5 Å². The largest absolute Gasteiger partial charge is 0.342 e. The Morgan fingerprint density at radius 3 is 2.59 bits per heavy atom. The first kappa shape index (κ1) is 18.5. The maximum absolute atomic E-state index is 12.0. The number of hydrogen-bond acceptors (Lipinski definition) is 2. The van der Waals surface area contributed by atoms with Crippen molar-refractivity contribution in [2.24, 2.45) is 0 Å². The van der Waals surface area contributed by atoms with E-state index in [1.807, 2.05) is 13.0 Å². The van der Waals surface area contributed by atoms with Crippen molar-refractivity contribution in [3.05, 3.63) is 28.8 Å². The smallest absolute Gasteiger partial charge is 0.226 e. The second kappa shape index (κ2) is 9.46. The summed E-state index contributed by atoms with van der Waals surface area (Å²) in [7, 11) is 0. The lowest BCUT2D eigenvalue weighted by atomic mass is 10.2. The van der Waals surface area contributed by atoms with Gasteiger partial charge in [0, 0.05) is 37.1 Å². The van der Waals surface area contributed by atoms with Gasteiger partial charge in [0.25, 0.3) is 0 Å². The van der Waals surface area contributed by atoms with Crippen molar-refractivity contribution in [2.75, 3.05) is 18.4 Å². The molecule has 0 fully saturated rings. The number of unbranched alkanes of at least 4 members (excludes halogenated alkanes) is 2. The monoisotopic (exact) mass is 324 g/mol. The lowest BCUT2D eigenvalue weighted by Crippen LogP contribution is -2.33. The van der Waals surface area contributed by atoms with E-state index in [2.05, 4.69) is 12.2 Å². The molecule has 0 aliphatic rings. The molecule has 5 heteroatoms. The van der Waals surface area contributed by atoms with Crippen LogP contribution in [0.15, 0.2) is 18.2 Å². The van der Waals surface area contributed by atoms with E-state index >= 15 is 0 Å². The molecule has 0 atom stereocenters. The summed E-state index contributed by atoms with van der Waals surface area (Å²) in [4.78, 5) is 25.4. The summed E-state index contributed by atoms with van der Waals surface area (Å²) in [5.74, 6) is -0.0880. The topological polar surface area (TPSA) is 49.4 Å². The molecule has 0 radical (unpaired) electrons. The summed E-state index contributed by atoms with van der Waals surface area (Å²) < 4.78 is 0. The molecule has 0 heterocycles. The molecular formula is C17H25ClN2O2. The molecule has 1 N–H and O–H groups in total. The predicted molar refractivity (Wildman–Crippen MR) is 91.2 cm³/mol. The highest BCUT2D eigenvalue weighted by Crippen LogP contribution is 2.22. The van der Waals surface area contributed by atoms with Crippen molar-refractivity contribution in [3.63, 3.8) is 0 Å².